The Labute approximate surface area is 171 Å². The molecule has 1 aromatic heterocycles. The molecule has 1 fully saturated rings. The number of aryl methyl sites for hydroxylation is 2. The molecule has 1 heterocycles. The Hall–Kier alpha value is -2.40. The molecule has 0 spiro atoms. The van der Waals surface area contributed by atoms with Gasteiger partial charge in [0.25, 0.3) is 11.8 Å². The summed E-state index contributed by atoms with van der Waals surface area (Å²) in [6, 6.07) is 9.63. The minimum Gasteiger partial charge on any atom is -0.348 e. The predicted octanol–water partition coefficient (Wildman–Crippen LogP) is 4.97. The molecule has 1 aliphatic carbocycles. The number of nitrogens with one attached hydrogen (secondary N) is 2. The van der Waals surface area contributed by atoms with Gasteiger partial charge in [-0.1, -0.05) is 37.8 Å². The summed E-state index contributed by atoms with van der Waals surface area (Å²) < 4.78 is 0. The number of carbonyl (C=O) groups is 2. The van der Waals surface area contributed by atoms with E-state index in [1.807, 2.05) is 43.5 Å². The number of hydrogen-bond acceptors (Lipinski definition) is 3. The molecule has 0 bridgehead atoms. The summed E-state index contributed by atoms with van der Waals surface area (Å²) in [7, 11) is 0. The number of hydrogen-bond donors (Lipinski definition) is 2. The van der Waals surface area contributed by atoms with E-state index in [1.54, 1.807) is 12.1 Å². The molecule has 148 valence electrons. The van der Waals surface area contributed by atoms with E-state index in [0.29, 0.717) is 11.3 Å². The molecule has 1 aliphatic rings. The number of benzene rings is 1. The summed E-state index contributed by atoms with van der Waals surface area (Å²) in [4.78, 5) is 26.7. The molecule has 2 aromatic rings. The van der Waals surface area contributed by atoms with Crippen molar-refractivity contribution in [3.8, 4) is 0 Å². The van der Waals surface area contributed by atoms with Crippen LogP contribution in [0.25, 0.3) is 6.08 Å². The SMILES string of the molecule is Cc1ccc(C(=O)N/C(=C\c2cccs2)C(=O)NC2CCCCCC2)cc1C. The third-order valence-electron chi connectivity index (χ3n) is 5.28. The summed E-state index contributed by atoms with van der Waals surface area (Å²) in [5, 5.41) is 7.93. The first-order valence-electron chi connectivity index (χ1n) is 9.97. The largest absolute Gasteiger partial charge is 0.348 e. The lowest BCUT2D eigenvalue weighted by Crippen LogP contribution is -2.40. The first-order valence-corrected chi connectivity index (χ1v) is 10.9. The molecule has 0 atom stereocenters. The van der Waals surface area contributed by atoms with Gasteiger partial charge in [0.2, 0.25) is 0 Å². The molecular weight excluding hydrogens is 368 g/mol. The van der Waals surface area contributed by atoms with Crippen molar-refractivity contribution < 1.29 is 9.59 Å². The lowest BCUT2D eigenvalue weighted by atomic mass is 10.1. The third-order valence-corrected chi connectivity index (χ3v) is 6.10. The van der Waals surface area contributed by atoms with Crippen LogP contribution in [-0.2, 0) is 4.79 Å². The number of amides is 2. The van der Waals surface area contributed by atoms with Crippen LogP contribution >= 0.6 is 11.3 Å². The smallest absolute Gasteiger partial charge is 0.268 e. The Balaban J connectivity index is 1.77. The van der Waals surface area contributed by atoms with Gasteiger partial charge in [0, 0.05) is 16.5 Å². The monoisotopic (exact) mass is 396 g/mol. The second-order valence-corrected chi connectivity index (χ2v) is 8.47. The van der Waals surface area contributed by atoms with Gasteiger partial charge < -0.3 is 10.6 Å². The van der Waals surface area contributed by atoms with Crippen LogP contribution in [0.2, 0.25) is 0 Å². The van der Waals surface area contributed by atoms with E-state index in [0.717, 1.165) is 41.7 Å². The van der Waals surface area contributed by atoms with Crippen molar-refractivity contribution in [2.75, 3.05) is 0 Å². The average molecular weight is 397 g/mol. The van der Waals surface area contributed by atoms with Gasteiger partial charge in [-0.2, -0.15) is 0 Å². The van der Waals surface area contributed by atoms with Crippen molar-refractivity contribution in [2.45, 2.75) is 58.4 Å². The normalized spacial score (nSPS) is 15.7. The molecule has 1 saturated carbocycles. The Morgan fingerprint density at radius 2 is 1.79 bits per heavy atom. The zero-order chi connectivity index (χ0) is 19.9. The van der Waals surface area contributed by atoms with Crippen molar-refractivity contribution >= 4 is 29.2 Å². The molecule has 28 heavy (non-hydrogen) atoms. The van der Waals surface area contributed by atoms with E-state index in [1.165, 1.54) is 24.2 Å². The van der Waals surface area contributed by atoms with Crippen LogP contribution in [0.4, 0.5) is 0 Å². The maximum Gasteiger partial charge on any atom is 0.268 e. The van der Waals surface area contributed by atoms with Crippen molar-refractivity contribution in [3.63, 3.8) is 0 Å². The van der Waals surface area contributed by atoms with Crippen molar-refractivity contribution in [1.29, 1.82) is 0 Å². The summed E-state index contributed by atoms with van der Waals surface area (Å²) in [5.41, 5.74) is 3.05. The Morgan fingerprint density at radius 3 is 2.43 bits per heavy atom. The van der Waals surface area contributed by atoms with Crippen molar-refractivity contribution in [1.82, 2.24) is 10.6 Å². The van der Waals surface area contributed by atoms with Crippen LogP contribution in [0.1, 0.15) is 64.9 Å². The standard InChI is InChI=1S/C23H28N2O2S/c1-16-11-12-18(14-17(16)2)22(26)25-21(15-20-10-7-13-28-20)23(27)24-19-8-5-3-4-6-9-19/h7,10-15,19H,3-6,8-9H2,1-2H3,(H,24,27)(H,25,26)/b21-15-. The first-order chi connectivity index (χ1) is 13.5. The molecule has 0 unspecified atom stereocenters. The van der Waals surface area contributed by atoms with Gasteiger partial charge in [0.1, 0.15) is 5.70 Å². The van der Waals surface area contributed by atoms with Crippen LogP contribution in [0.5, 0.6) is 0 Å². The lowest BCUT2D eigenvalue weighted by molar-refractivity contribution is -0.118. The molecule has 5 heteroatoms. The zero-order valence-electron chi connectivity index (χ0n) is 16.6. The van der Waals surface area contributed by atoms with Crippen LogP contribution in [0.3, 0.4) is 0 Å². The summed E-state index contributed by atoms with van der Waals surface area (Å²) in [6.07, 6.45) is 8.51. The van der Waals surface area contributed by atoms with Crippen molar-refractivity contribution in [2.24, 2.45) is 0 Å². The Morgan fingerprint density at radius 1 is 1.04 bits per heavy atom. The highest BCUT2D eigenvalue weighted by Crippen LogP contribution is 2.18. The fourth-order valence-corrected chi connectivity index (χ4v) is 4.10. The van der Waals surface area contributed by atoms with Gasteiger partial charge in [-0.3, -0.25) is 9.59 Å². The maximum absolute atomic E-state index is 12.9. The average Bonchev–Trinajstić information content (AvgIpc) is 3.06. The van der Waals surface area contributed by atoms with Gasteiger partial charge in [-0.25, -0.2) is 0 Å². The maximum atomic E-state index is 12.9. The van der Waals surface area contributed by atoms with E-state index >= 15 is 0 Å². The van der Waals surface area contributed by atoms with Gasteiger partial charge in [-0.05, 0) is 67.5 Å². The minimum absolute atomic E-state index is 0.181. The summed E-state index contributed by atoms with van der Waals surface area (Å²) in [5.74, 6) is -0.473. The fourth-order valence-electron chi connectivity index (χ4n) is 3.44. The van der Waals surface area contributed by atoms with E-state index in [9.17, 15) is 9.59 Å². The van der Waals surface area contributed by atoms with Crippen LogP contribution in [0.15, 0.2) is 41.4 Å². The zero-order valence-corrected chi connectivity index (χ0v) is 17.4. The number of rotatable bonds is 5. The molecule has 0 radical (unpaired) electrons. The summed E-state index contributed by atoms with van der Waals surface area (Å²) in [6.45, 7) is 3.99. The second kappa shape index (κ2) is 9.69. The summed E-state index contributed by atoms with van der Waals surface area (Å²) >= 11 is 1.54. The Bertz CT molecular complexity index is 847. The fraction of sp³-hybridized carbons (Fsp3) is 0.391. The molecule has 4 nitrogen and oxygen atoms in total. The predicted molar refractivity (Wildman–Crippen MR) is 115 cm³/mol. The first kappa shape index (κ1) is 20.3. The van der Waals surface area contributed by atoms with Crippen LogP contribution < -0.4 is 10.6 Å². The number of thiophene rings is 1. The highest BCUT2D eigenvalue weighted by atomic mass is 32.1. The van der Waals surface area contributed by atoms with E-state index in [-0.39, 0.29) is 17.9 Å². The van der Waals surface area contributed by atoms with Gasteiger partial charge in [-0.15, -0.1) is 11.3 Å². The van der Waals surface area contributed by atoms with Crippen molar-refractivity contribution in [3.05, 3.63) is 63.0 Å². The highest BCUT2D eigenvalue weighted by Gasteiger charge is 2.20. The molecule has 2 N–H and O–H groups in total. The van der Waals surface area contributed by atoms with E-state index < -0.39 is 0 Å². The van der Waals surface area contributed by atoms with Crippen LogP contribution in [-0.4, -0.2) is 17.9 Å². The number of carbonyl (C=O) groups excluding carboxylic acids is 2. The molecule has 3 rings (SSSR count). The van der Waals surface area contributed by atoms with Crippen LogP contribution in [0, 0.1) is 13.8 Å². The lowest BCUT2D eigenvalue weighted by Gasteiger charge is -2.18. The second-order valence-electron chi connectivity index (χ2n) is 7.49. The molecule has 0 saturated heterocycles. The molecule has 1 aromatic carbocycles. The third kappa shape index (κ3) is 5.55. The molecular formula is C23H28N2O2S. The molecule has 0 aliphatic heterocycles. The minimum atomic E-state index is -0.262. The van der Waals surface area contributed by atoms with Gasteiger partial charge in [0.05, 0.1) is 0 Å². The highest BCUT2D eigenvalue weighted by molar-refractivity contribution is 7.10. The van der Waals surface area contributed by atoms with E-state index in [4.69, 9.17) is 0 Å². The Kier molecular flexibility index (Phi) is 7.04. The quantitative estimate of drug-likeness (QED) is 0.553. The van der Waals surface area contributed by atoms with Gasteiger partial charge >= 0.3 is 0 Å². The van der Waals surface area contributed by atoms with E-state index in [2.05, 4.69) is 10.6 Å². The topological polar surface area (TPSA) is 58.2 Å². The van der Waals surface area contributed by atoms with Gasteiger partial charge in [0.15, 0.2) is 0 Å². The molecule has 2 amide bonds.